The van der Waals surface area contributed by atoms with E-state index in [2.05, 4.69) is 10.4 Å². The molecular weight excluding hydrogens is 302 g/mol. The largest absolute Gasteiger partial charge is 0.487 e. The van der Waals surface area contributed by atoms with Crippen molar-refractivity contribution in [1.82, 2.24) is 9.78 Å². The Morgan fingerprint density at radius 2 is 2.14 bits per heavy atom. The van der Waals surface area contributed by atoms with Crippen molar-refractivity contribution in [3.05, 3.63) is 51.4 Å². The number of hydrogen-bond donors (Lipinski definition) is 1. The number of nitrogens with zero attached hydrogens (tertiary/aromatic N) is 2. The summed E-state index contributed by atoms with van der Waals surface area (Å²) in [5.41, 5.74) is 0.984. The smallest absolute Gasteiger partial charge is 0.287 e. The third-order valence-electron chi connectivity index (χ3n) is 3.78. The fourth-order valence-electron chi connectivity index (χ4n) is 2.73. The molecule has 1 aliphatic heterocycles. The van der Waals surface area contributed by atoms with E-state index in [1.807, 2.05) is 38.1 Å². The van der Waals surface area contributed by atoms with Gasteiger partial charge in [-0.1, -0.05) is 29.8 Å². The molecule has 0 radical (unpaired) electrons. The van der Waals surface area contributed by atoms with Gasteiger partial charge >= 0.3 is 0 Å². The highest BCUT2D eigenvalue weighted by Gasteiger charge is 2.33. The Bertz CT molecular complexity index is 770. The van der Waals surface area contributed by atoms with Gasteiger partial charge in [0.2, 0.25) is 0 Å². The molecule has 0 fully saturated rings. The summed E-state index contributed by atoms with van der Waals surface area (Å²) in [5.74, 6) is 0.851. The van der Waals surface area contributed by atoms with Crippen LogP contribution in [0.5, 0.6) is 5.75 Å². The molecule has 2 heterocycles. The second kappa shape index (κ2) is 5.32. The van der Waals surface area contributed by atoms with Gasteiger partial charge in [-0.05, 0) is 19.9 Å². The summed E-state index contributed by atoms with van der Waals surface area (Å²) < 4.78 is 7.22. The Morgan fingerprint density at radius 3 is 2.91 bits per heavy atom. The number of aryl methyl sites for hydroxylation is 1. The molecule has 6 heteroatoms. The average Bonchev–Trinajstić information content (AvgIpc) is 2.47. The van der Waals surface area contributed by atoms with E-state index in [-0.39, 0.29) is 22.2 Å². The summed E-state index contributed by atoms with van der Waals surface area (Å²) in [6.07, 6.45) is 2.34. The molecule has 1 aliphatic rings. The number of anilines is 1. The van der Waals surface area contributed by atoms with E-state index in [0.717, 1.165) is 17.7 Å². The SMILES string of the molecule is Cn1ncc(NC2CC(C)(C)Oc3ccccc32)c(Cl)c1=O. The fraction of sp³-hybridized carbons (Fsp3) is 0.375. The molecule has 22 heavy (non-hydrogen) atoms. The molecule has 0 saturated carbocycles. The van der Waals surface area contributed by atoms with Gasteiger partial charge in [0, 0.05) is 19.0 Å². The van der Waals surface area contributed by atoms with Gasteiger partial charge in [-0.2, -0.15) is 5.10 Å². The van der Waals surface area contributed by atoms with E-state index in [0.29, 0.717) is 5.69 Å². The highest BCUT2D eigenvalue weighted by molar-refractivity contribution is 6.32. The standard InChI is InChI=1S/C16H18ClN3O2/c1-16(2)8-11(10-6-4-5-7-13(10)22-16)19-12-9-18-20(3)15(21)14(12)17/h4-7,9,11,19H,8H2,1-3H3. The predicted molar refractivity (Wildman–Crippen MR) is 86.6 cm³/mol. The van der Waals surface area contributed by atoms with E-state index >= 15 is 0 Å². The van der Waals surface area contributed by atoms with Gasteiger partial charge in [0.15, 0.2) is 0 Å². The summed E-state index contributed by atoms with van der Waals surface area (Å²) >= 11 is 6.15. The van der Waals surface area contributed by atoms with Crippen molar-refractivity contribution < 1.29 is 4.74 Å². The highest BCUT2D eigenvalue weighted by Crippen LogP contribution is 2.41. The maximum atomic E-state index is 11.9. The molecule has 0 amide bonds. The van der Waals surface area contributed by atoms with Crippen LogP contribution >= 0.6 is 11.6 Å². The number of fused-ring (bicyclic) bond motifs is 1. The molecule has 3 rings (SSSR count). The lowest BCUT2D eigenvalue weighted by Gasteiger charge is -2.38. The summed E-state index contributed by atoms with van der Waals surface area (Å²) in [7, 11) is 1.57. The number of aromatic nitrogens is 2. The van der Waals surface area contributed by atoms with Gasteiger partial charge in [0.1, 0.15) is 16.4 Å². The summed E-state index contributed by atoms with van der Waals surface area (Å²) in [6.45, 7) is 4.09. The van der Waals surface area contributed by atoms with Gasteiger partial charge in [-0.25, -0.2) is 4.68 Å². The van der Waals surface area contributed by atoms with Crippen molar-refractivity contribution in [3.63, 3.8) is 0 Å². The lowest BCUT2D eigenvalue weighted by atomic mass is 9.89. The Labute approximate surface area is 133 Å². The Kier molecular flexibility index (Phi) is 3.60. The molecule has 1 atom stereocenters. The van der Waals surface area contributed by atoms with Gasteiger partial charge in [-0.15, -0.1) is 0 Å². The van der Waals surface area contributed by atoms with Crippen LogP contribution in [0, 0.1) is 0 Å². The van der Waals surface area contributed by atoms with E-state index < -0.39 is 0 Å². The van der Waals surface area contributed by atoms with Gasteiger partial charge in [0.05, 0.1) is 17.9 Å². The van der Waals surface area contributed by atoms with Crippen LogP contribution in [0.4, 0.5) is 5.69 Å². The zero-order chi connectivity index (χ0) is 15.9. The van der Waals surface area contributed by atoms with Gasteiger partial charge < -0.3 is 10.1 Å². The molecule has 116 valence electrons. The first-order valence-electron chi connectivity index (χ1n) is 7.14. The monoisotopic (exact) mass is 319 g/mol. The van der Waals surface area contributed by atoms with E-state index in [1.54, 1.807) is 13.2 Å². The minimum absolute atomic E-state index is 0.00589. The van der Waals surface area contributed by atoms with Gasteiger partial charge in [0.25, 0.3) is 5.56 Å². The number of nitrogens with one attached hydrogen (secondary N) is 1. The van der Waals surface area contributed by atoms with Crippen LogP contribution in [0.25, 0.3) is 0 Å². The first kappa shape index (κ1) is 14.9. The molecule has 1 aromatic heterocycles. The molecule has 0 saturated heterocycles. The zero-order valence-corrected chi connectivity index (χ0v) is 13.5. The van der Waals surface area contributed by atoms with Crippen LogP contribution < -0.4 is 15.6 Å². The summed E-state index contributed by atoms with van der Waals surface area (Å²) in [6, 6.07) is 7.90. The van der Waals surface area contributed by atoms with Crippen LogP contribution in [-0.4, -0.2) is 15.4 Å². The number of ether oxygens (including phenoxy) is 1. The van der Waals surface area contributed by atoms with Crippen LogP contribution in [0.1, 0.15) is 31.9 Å². The predicted octanol–water partition coefficient (Wildman–Crippen LogP) is 3.15. The van der Waals surface area contributed by atoms with Crippen molar-refractivity contribution >= 4 is 17.3 Å². The number of halogens is 1. The Balaban J connectivity index is 1.99. The second-order valence-corrected chi connectivity index (χ2v) is 6.48. The van der Waals surface area contributed by atoms with Crippen LogP contribution in [0.2, 0.25) is 5.02 Å². The first-order chi connectivity index (χ1) is 10.4. The number of benzene rings is 1. The fourth-order valence-corrected chi connectivity index (χ4v) is 2.96. The summed E-state index contributed by atoms with van der Waals surface area (Å²) in [4.78, 5) is 11.9. The molecule has 0 aliphatic carbocycles. The van der Waals surface area contributed by atoms with Crippen molar-refractivity contribution in [1.29, 1.82) is 0 Å². The minimum Gasteiger partial charge on any atom is -0.487 e. The lowest BCUT2D eigenvalue weighted by Crippen LogP contribution is -2.37. The molecular formula is C16H18ClN3O2. The number of para-hydroxylation sites is 1. The molecule has 1 unspecified atom stereocenters. The maximum absolute atomic E-state index is 11.9. The van der Waals surface area contributed by atoms with Crippen molar-refractivity contribution in [2.75, 3.05) is 5.32 Å². The molecule has 0 spiro atoms. The molecule has 2 aromatic rings. The zero-order valence-electron chi connectivity index (χ0n) is 12.8. The highest BCUT2D eigenvalue weighted by atomic mass is 35.5. The first-order valence-corrected chi connectivity index (χ1v) is 7.51. The minimum atomic E-state index is -0.314. The normalized spacial score (nSPS) is 19.2. The van der Waals surface area contributed by atoms with Crippen LogP contribution in [-0.2, 0) is 7.05 Å². The number of hydrogen-bond acceptors (Lipinski definition) is 4. The average molecular weight is 320 g/mol. The second-order valence-electron chi connectivity index (χ2n) is 6.10. The third-order valence-corrected chi connectivity index (χ3v) is 4.15. The Hall–Kier alpha value is -2.01. The van der Waals surface area contributed by atoms with Crippen LogP contribution in [0.15, 0.2) is 35.3 Å². The van der Waals surface area contributed by atoms with Gasteiger partial charge in [-0.3, -0.25) is 4.79 Å². The van der Waals surface area contributed by atoms with Crippen molar-refractivity contribution in [2.24, 2.45) is 7.05 Å². The lowest BCUT2D eigenvalue weighted by molar-refractivity contribution is 0.0759. The van der Waals surface area contributed by atoms with Crippen LogP contribution in [0.3, 0.4) is 0 Å². The molecule has 1 N–H and O–H groups in total. The van der Waals surface area contributed by atoms with Crippen molar-refractivity contribution in [3.8, 4) is 5.75 Å². The molecule has 5 nitrogen and oxygen atoms in total. The van der Waals surface area contributed by atoms with Crippen molar-refractivity contribution in [2.45, 2.75) is 31.9 Å². The quantitative estimate of drug-likeness (QED) is 0.924. The third kappa shape index (κ3) is 2.68. The Morgan fingerprint density at radius 1 is 1.41 bits per heavy atom. The van der Waals surface area contributed by atoms with E-state index in [4.69, 9.17) is 16.3 Å². The topological polar surface area (TPSA) is 56.1 Å². The van der Waals surface area contributed by atoms with E-state index in [9.17, 15) is 4.79 Å². The molecule has 0 bridgehead atoms. The maximum Gasteiger partial charge on any atom is 0.287 e. The molecule has 1 aromatic carbocycles. The number of rotatable bonds is 2. The summed E-state index contributed by atoms with van der Waals surface area (Å²) in [5, 5.41) is 7.52. The van der Waals surface area contributed by atoms with E-state index in [1.165, 1.54) is 4.68 Å².